The number of alkyl halides is 1. The van der Waals surface area contributed by atoms with Crippen molar-refractivity contribution in [1.82, 2.24) is 0 Å². The first-order chi connectivity index (χ1) is 5.48. The molecule has 0 heterocycles. The topological polar surface area (TPSA) is 0 Å². The minimum Gasteiger partial charge on any atom is -0.165 e. The lowest BCUT2D eigenvalue weighted by Gasteiger charge is -2.24. The fourth-order valence-corrected chi connectivity index (χ4v) is 1.65. The first kappa shape index (κ1) is 12.6. The molecule has 0 aliphatic heterocycles. The molecule has 0 bridgehead atoms. The number of unbranched alkanes of at least 4 members (excludes halogenated alkanes) is 1. The molecule has 0 nitrogen and oxygen atoms in total. The first-order valence-corrected chi connectivity index (χ1v) is 6.44. The standard InChI is InChI=1S/C10H21ClS/c1-10(2,3)9(11)7-5-6-8-12-4/h9H,5-8H2,1-4H3. The van der Waals surface area contributed by atoms with Crippen molar-refractivity contribution in [2.45, 2.75) is 45.4 Å². The van der Waals surface area contributed by atoms with Crippen LogP contribution in [0.25, 0.3) is 0 Å². The van der Waals surface area contributed by atoms with Crippen LogP contribution < -0.4 is 0 Å². The maximum absolute atomic E-state index is 6.23. The summed E-state index contributed by atoms with van der Waals surface area (Å²) in [5, 5.41) is 0.333. The largest absolute Gasteiger partial charge is 0.165 e. The van der Waals surface area contributed by atoms with E-state index in [-0.39, 0.29) is 5.41 Å². The average Bonchev–Trinajstić information content (AvgIpc) is 1.96. The van der Waals surface area contributed by atoms with Crippen LogP contribution in [0.3, 0.4) is 0 Å². The van der Waals surface area contributed by atoms with Gasteiger partial charge in [-0.1, -0.05) is 27.2 Å². The summed E-state index contributed by atoms with van der Waals surface area (Å²) in [6.07, 6.45) is 5.89. The lowest BCUT2D eigenvalue weighted by Crippen LogP contribution is -2.20. The van der Waals surface area contributed by atoms with E-state index in [4.69, 9.17) is 11.6 Å². The molecular weight excluding hydrogens is 188 g/mol. The molecule has 0 amide bonds. The van der Waals surface area contributed by atoms with Gasteiger partial charge < -0.3 is 0 Å². The zero-order valence-corrected chi connectivity index (χ0v) is 10.3. The summed E-state index contributed by atoms with van der Waals surface area (Å²) in [5.74, 6) is 1.27. The van der Waals surface area contributed by atoms with Crippen molar-refractivity contribution in [1.29, 1.82) is 0 Å². The van der Waals surface area contributed by atoms with Gasteiger partial charge in [-0.25, -0.2) is 0 Å². The molecule has 1 unspecified atom stereocenters. The van der Waals surface area contributed by atoms with Gasteiger partial charge >= 0.3 is 0 Å². The molecule has 0 aliphatic rings. The smallest absolute Gasteiger partial charge is 0.0384 e. The van der Waals surface area contributed by atoms with Crippen molar-refractivity contribution < 1.29 is 0 Å². The Balaban J connectivity index is 3.38. The molecule has 0 spiro atoms. The van der Waals surface area contributed by atoms with Gasteiger partial charge in [-0.3, -0.25) is 0 Å². The second kappa shape index (κ2) is 6.15. The van der Waals surface area contributed by atoms with Crippen LogP contribution in [0.5, 0.6) is 0 Å². The van der Waals surface area contributed by atoms with Crippen molar-refractivity contribution in [2.24, 2.45) is 5.41 Å². The van der Waals surface area contributed by atoms with E-state index in [1.54, 1.807) is 0 Å². The lowest BCUT2D eigenvalue weighted by atomic mass is 9.89. The molecular formula is C10H21ClS. The van der Waals surface area contributed by atoms with Crippen molar-refractivity contribution in [2.75, 3.05) is 12.0 Å². The van der Waals surface area contributed by atoms with Gasteiger partial charge in [0.05, 0.1) is 0 Å². The summed E-state index contributed by atoms with van der Waals surface area (Å²) in [6.45, 7) is 6.62. The number of halogens is 1. The minimum absolute atomic E-state index is 0.265. The maximum Gasteiger partial charge on any atom is 0.0384 e. The molecule has 0 saturated carbocycles. The fraction of sp³-hybridized carbons (Fsp3) is 1.00. The number of rotatable bonds is 5. The molecule has 0 fully saturated rings. The molecule has 0 aromatic rings. The van der Waals surface area contributed by atoms with E-state index >= 15 is 0 Å². The van der Waals surface area contributed by atoms with Gasteiger partial charge in [-0.2, -0.15) is 11.8 Å². The molecule has 0 aromatic carbocycles. The predicted molar refractivity (Wildman–Crippen MR) is 61.3 cm³/mol. The van der Waals surface area contributed by atoms with Crippen LogP contribution >= 0.6 is 23.4 Å². The quantitative estimate of drug-likeness (QED) is 0.483. The summed E-state index contributed by atoms with van der Waals surface area (Å²) in [7, 11) is 0. The van der Waals surface area contributed by atoms with Crippen LogP contribution in [0.4, 0.5) is 0 Å². The molecule has 0 aliphatic carbocycles. The Hall–Kier alpha value is 0.640. The van der Waals surface area contributed by atoms with Crippen LogP contribution in [0.15, 0.2) is 0 Å². The van der Waals surface area contributed by atoms with Gasteiger partial charge in [-0.15, -0.1) is 11.6 Å². The molecule has 0 radical (unpaired) electrons. The van der Waals surface area contributed by atoms with Crippen molar-refractivity contribution in [3.63, 3.8) is 0 Å². The Morgan fingerprint density at radius 3 is 2.25 bits per heavy atom. The molecule has 2 heteroatoms. The zero-order chi connectivity index (χ0) is 9.61. The molecule has 0 rings (SSSR count). The van der Waals surface area contributed by atoms with Crippen LogP contribution in [-0.2, 0) is 0 Å². The van der Waals surface area contributed by atoms with Gasteiger partial charge in [-0.05, 0) is 30.3 Å². The lowest BCUT2D eigenvalue weighted by molar-refractivity contribution is 0.368. The van der Waals surface area contributed by atoms with Crippen molar-refractivity contribution in [3.05, 3.63) is 0 Å². The number of hydrogen-bond acceptors (Lipinski definition) is 1. The van der Waals surface area contributed by atoms with E-state index in [1.807, 2.05) is 11.8 Å². The Morgan fingerprint density at radius 2 is 1.83 bits per heavy atom. The summed E-state index contributed by atoms with van der Waals surface area (Å²) in [5.41, 5.74) is 0.265. The monoisotopic (exact) mass is 208 g/mol. The van der Waals surface area contributed by atoms with Crippen LogP contribution in [-0.4, -0.2) is 17.4 Å². The van der Waals surface area contributed by atoms with Gasteiger partial charge in [0.25, 0.3) is 0 Å². The summed E-state index contributed by atoms with van der Waals surface area (Å²) in [6, 6.07) is 0. The molecule has 0 aromatic heterocycles. The third kappa shape index (κ3) is 6.19. The second-order valence-electron chi connectivity index (χ2n) is 4.32. The molecule has 0 N–H and O–H groups in total. The van der Waals surface area contributed by atoms with E-state index in [1.165, 1.54) is 18.6 Å². The normalized spacial score (nSPS) is 14.8. The van der Waals surface area contributed by atoms with Gasteiger partial charge in [0.15, 0.2) is 0 Å². The summed E-state index contributed by atoms with van der Waals surface area (Å²) >= 11 is 8.15. The van der Waals surface area contributed by atoms with E-state index in [0.29, 0.717) is 5.38 Å². The van der Waals surface area contributed by atoms with Crippen LogP contribution in [0, 0.1) is 5.41 Å². The van der Waals surface area contributed by atoms with Crippen LogP contribution in [0.2, 0.25) is 0 Å². The Kier molecular flexibility index (Phi) is 6.48. The highest BCUT2D eigenvalue weighted by molar-refractivity contribution is 7.98. The SMILES string of the molecule is CSCCCCC(Cl)C(C)(C)C. The predicted octanol–water partition coefficient (Wildman–Crippen LogP) is 4.17. The highest BCUT2D eigenvalue weighted by atomic mass is 35.5. The third-order valence-corrected chi connectivity index (χ3v) is 3.57. The molecule has 74 valence electrons. The van der Waals surface area contributed by atoms with E-state index in [2.05, 4.69) is 27.0 Å². The Morgan fingerprint density at radius 1 is 1.25 bits per heavy atom. The molecule has 0 saturated heterocycles. The molecule has 12 heavy (non-hydrogen) atoms. The van der Waals surface area contributed by atoms with Gasteiger partial charge in [0.2, 0.25) is 0 Å². The van der Waals surface area contributed by atoms with Gasteiger partial charge in [0, 0.05) is 5.38 Å². The average molecular weight is 209 g/mol. The highest BCUT2D eigenvalue weighted by Crippen LogP contribution is 2.28. The highest BCUT2D eigenvalue weighted by Gasteiger charge is 2.21. The first-order valence-electron chi connectivity index (χ1n) is 4.61. The van der Waals surface area contributed by atoms with Crippen molar-refractivity contribution >= 4 is 23.4 Å². The van der Waals surface area contributed by atoms with Gasteiger partial charge in [0.1, 0.15) is 0 Å². The third-order valence-electron chi connectivity index (χ3n) is 2.00. The van der Waals surface area contributed by atoms with E-state index < -0.39 is 0 Å². The Labute approximate surface area is 86.5 Å². The number of hydrogen-bond donors (Lipinski definition) is 0. The Bertz CT molecular complexity index is 107. The second-order valence-corrected chi connectivity index (χ2v) is 5.83. The summed E-state index contributed by atoms with van der Waals surface area (Å²) < 4.78 is 0. The van der Waals surface area contributed by atoms with E-state index in [9.17, 15) is 0 Å². The summed E-state index contributed by atoms with van der Waals surface area (Å²) in [4.78, 5) is 0. The number of thioether (sulfide) groups is 1. The van der Waals surface area contributed by atoms with E-state index in [0.717, 1.165) is 6.42 Å². The minimum atomic E-state index is 0.265. The maximum atomic E-state index is 6.23. The zero-order valence-electron chi connectivity index (χ0n) is 8.69. The van der Waals surface area contributed by atoms with Crippen molar-refractivity contribution in [3.8, 4) is 0 Å². The fourth-order valence-electron chi connectivity index (χ4n) is 1.00. The van der Waals surface area contributed by atoms with Crippen LogP contribution in [0.1, 0.15) is 40.0 Å². The molecule has 1 atom stereocenters.